The van der Waals surface area contributed by atoms with Gasteiger partial charge in [-0.15, -0.1) is 0 Å². The van der Waals surface area contributed by atoms with Crippen molar-refractivity contribution in [3.63, 3.8) is 0 Å². The number of oxime groups is 6. The van der Waals surface area contributed by atoms with Gasteiger partial charge in [0.25, 0.3) is 0 Å². The predicted octanol–water partition coefficient (Wildman–Crippen LogP) is 5.89. The molecular formula is C32H30B2N6O12-2. The summed E-state index contributed by atoms with van der Waals surface area (Å²) in [5.41, 5.74) is 0. The van der Waals surface area contributed by atoms with Gasteiger partial charge in [-0.25, -0.2) is 0 Å². The Labute approximate surface area is 296 Å². The predicted molar refractivity (Wildman–Crippen MR) is 185 cm³/mol. The summed E-state index contributed by atoms with van der Waals surface area (Å²) in [4.78, 5) is 0. The second kappa shape index (κ2) is 14.0. The lowest BCUT2D eigenvalue weighted by Gasteiger charge is -2.37. The minimum atomic E-state index is -3.14. The molecule has 18 nitrogen and oxygen atoms in total. The topological polar surface area (TPSA) is 185 Å². The van der Waals surface area contributed by atoms with Crippen LogP contribution in [0.3, 0.4) is 0 Å². The highest BCUT2D eigenvalue weighted by Crippen LogP contribution is 2.35. The first-order valence-electron chi connectivity index (χ1n) is 16.8. The van der Waals surface area contributed by atoms with Crippen molar-refractivity contribution in [1.29, 1.82) is 0 Å². The van der Waals surface area contributed by atoms with Crippen LogP contribution in [-0.4, -0.2) is 48.9 Å². The molecule has 0 spiro atoms. The molecule has 9 rings (SSSR count). The van der Waals surface area contributed by atoms with Crippen LogP contribution in [0.4, 0.5) is 0 Å². The summed E-state index contributed by atoms with van der Waals surface area (Å²) in [5, 5.41) is 25.5. The zero-order valence-electron chi connectivity index (χ0n) is 27.9. The lowest BCUT2D eigenvalue weighted by atomic mass is 9.73. The molecule has 20 heteroatoms. The van der Waals surface area contributed by atoms with Crippen molar-refractivity contribution in [2.75, 3.05) is 0 Å². The van der Waals surface area contributed by atoms with Gasteiger partial charge in [0.2, 0.25) is 0 Å². The Morgan fingerprint density at radius 2 is 0.577 bits per heavy atom. The van der Waals surface area contributed by atoms with Gasteiger partial charge >= 0.3 is 48.9 Å². The summed E-state index contributed by atoms with van der Waals surface area (Å²) in [6.07, 6.45) is 2.43. The van der Waals surface area contributed by atoms with Crippen molar-refractivity contribution >= 4 is 48.9 Å². The largest absolute Gasteiger partial charge is 0.609 e. The van der Waals surface area contributed by atoms with Crippen LogP contribution >= 0.6 is 0 Å². The average Bonchev–Trinajstić information content (AvgIpc) is 3.18. The minimum Gasteiger partial charge on any atom is -0.537 e. The lowest BCUT2D eigenvalue weighted by Crippen LogP contribution is -2.47. The molecule has 6 heterocycles. The Morgan fingerprint density at radius 1 is 0.365 bits per heavy atom. The molecule has 0 N–H and O–H groups in total. The normalized spacial score (nSPS) is 27.5. The third-order valence-electron chi connectivity index (χ3n) is 7.94. The second-order valence-electron chi connectivity index (χ2n) is 11.8. The number of ether oxygens (including phenoxy) is 6. The summed E-state index contributed by atoms with van der Waals surface area (Å²) in [6.45, 7) is -2.36. The first-order valence-corrected chi connectivity index (χ1v) is 16.8. The first-order chi connectivity index (χ1) is 25.5. The van der Waals surface area contributed by atoms with Crippen molar-refractivity contribution in [1.82, 2.24) is 0 Å². The minimum absolute atomic E-state index is 0.0470. The molecule has 6 aliphatic heterocycles. The Bertz CT molecular complexity index is 1690. The third-order valence-corrected chi connectivity index (χ3v) is 7.94. The Kier molecular flexibility index (Phi) is 8.76. The van der Waals surface area contributed by atoms with E-state index in [1.807, 2.05) is 13.8 Å². The number of nitrogens with zero attached hydrogens (tertiary/aromatic N) is 6. The van der Waals surface area contributed by atoms with Gasteiger partial charge < -0.3 is 57.0 Å². The molecule has 3 aromatic carbocycles. The number of para-hydroxylation sites is 6. The molecule has 6 aliphatic rings. The number of unbranched alkanes of at least 4 members (excludes halogenated alkanes) is 2. The zero-order valence-corrected chi connectivity index (χ0v) is 27.9. The lowest BCUT2D eigenvalue weighted by molar-refractivity contribution is 0.0545. The van der Waals surface area contributed by atoms with Crippen molar-refractivity contribution in [3.05, 3.63) is 72.8 Å². The van der Waals surface area contributed by atoms with E-state index in [4.69, 9.17) is 57.0 Å². The Hall–Kier alpha value is -6.59. The van der Waals surface area contributed by atoms with Crippen LogP contribution in [0.2, 0.25) is 12.6 Å². The standard InChI is InChI=1S/C32H30B2N6O12/c1-3-5-19-33-47-35-27-30(44-24-16-10-7-13-21(24)41-27)38-50-34(20-6-4-2,51-39-31-28(36-48-33)42-22-14-8-11-17-25(22)45-31)52-40-32-29(37-49-33)43-23-15-9-12-18-26(23)46-32/h7-18H,3-6,19-20H2,1-2H3/q-2/b35-27-,36-28-,37-29-,38-30-,39-31-,40-32?. The number of rotatable bonds is 6. The van der Waals surface area contributed by atoms with Crippen LogP contribution in [0.15, 0.2) is 104 Å². The van der Waals surface area contributed by atoms with Crippen LogP contribution < -0.4 is 28.4 Å². The molecule has 0 atom stereocenters. The van der Waals surface area contributed by atoms with E-state index in [1.165, 1.54) is 0 Å². The van der Waals surface area contributed by atoms with Gasteiger partial charge in [0, 0.05) is 0 Å². The van der Waals surface area contributed by atoms with E-state index in [2.05, 4.69) is 30.9 Å². The maximum Gasteiger partial charge on any atom is 0.609 e. The summed E-state index contributed by atoms with van der Waals surface area (Å²) in [5.74, 6) is 0.281. The average molecular weight is 712 g/mol. The van der Waals surface area contributed by atoms with Gasteiger partial charge in [-0.1, -0.05) is 120 Å². The highest BCUT2D eigenvalue weighted by molar-refractivity contribution is 6.62. The molecule has 0 saturated carbocycles. The maximum absolute atomic E-state index is 6.06. The molecule has 268 valence electrons. The van der Waals surface area contributed by atoms with E-state index in [9.17, 15) is 0 Å². The fourth-order valence-electron chi connectivity index (χ4n) is 5.20. The molecule has 52 heavy (non-hydrogen) atoms. The monoisotopic (exact) mass is 712 g/mol. The van der Waals surface area contributed by atoms with Gasteiger partial charge in [-0.2, -0.15) is 0 Å². The van der Waals surface area contributed by atoms with Gasteiger partial charge in [0.05, 0.1) is 0 Å². The first kappa shape index (κ1) is 32.6. The van der Waals surface area contributed by atoms with Crippen molar-refractivity contribution in [3.8, 4) is 34.5 Å². The fraction of sp³-hybridized carbons (Fsp3) is 0.250. The second-order valence-corrected chi connectivity index (χ2v) is 11.8. The van der Waals surface area contributed by atoms with E-state index < -0.39 is 13.5 Å². The quantitative estimate of drug-likeness (QED) is 0.277. The van der Waals surface area contributed by atoms with E-state index >= 15 is 0 Å². The number of benzene rings is 3. The summed E-state index contributed by atoms with van der Waals surface area (Å²) >= 11 is 0. The van der Waals surface area contributed by atoms with E-state index in [0.29, 0.717) is 60.2 Å². The van der Waals surface area contributed by atoms with Crippen LogP contribution in [0.5, 0.6) is 34.5 Å². The van der Waals surface area contributed by atoms with Crippen LogP contribution in [-0.2, 0) is 28.5 Å². The summed E-state index contributed by atoms with van der Waals surface area (Å²) in [6, 6.07) is 20.6. The molecule has 0 saturated heterocycles. The zero-order chi connectivity index (χ0) is 35.4. The SMILES string of the molecule is CCCC[B-]12ON=C3Oc4ccccc4O/C3=N\O[B-](CCCC)(O/N=C3\Oc4ccccc4O\C3=N/O1)O/N=C1\Oc3ccccc3O\C1=N/O2. The van der Waals surface area contributed by atoms with Gasteiger partial charge in [-0.05, 0) is 36.4 Å². The van der Waals surface area contributed by atoms with Gasteiger partial charge in [-0.3, -0.25) is 0 Å². The van der Waals surface area contributed by atoms with Gasteiger partial charge in [0.1, 0.15) is 0 Å². The molecule has 3 aromatic rings. The Morgan fingerprint density at radius 3 is 0.769 bits per heavy atom. The van der Waals surface area contributed by atoms with Crippen molar-refractivity contribution in [2.24, 2.45) is 30.9 Å². The molecule has 0 aromatic heterocycles. The van der Waals surface area contributed by atoms with Crippen LogP contribution in [0, 0.1) is 0 Å². The molecule has 0 unspecified atom stereocenters. The van der Waals surface area contributed by atoms with Crippen molar-refractivity contribution < 1.29 is 57.0 Å². The number of hydrogen-bond acceptors (Lipinski definition) is 18. The highest BCUT2D eigenvalue weighted by atomic mass is 16.9. The molecule has 0 aliphatic carbocycles. The van der Waals surface area contributed by atoms with Crippen LogP contribution in [0.1, 0.15) is 39.5 Å². The van der Waals surface area contributed by atoms with E-state index in [-0.39, 0.29) is 48.0 Å². The molecular weight excluding hydrogens is 682 g/mol. The molecule has 2 bridgehead atoms. The van der Waals surface area contributed by atoms with E-state index in [0.717, 1.165) is 0 Å². The number of hydrogen-bond donors (Lipinski definition) is 0. The summed E-state index contributed by atoms with van der Waals surface area (Å²) < 4.78 is 72.6. The van der Waals surface area contributed by atoms with E-state index in [1.54, 1.807) is 72.8 Å². The van der Waals surface area contributed by atoms with Gasteiger partial charge in [0.15, 0.2) is 34.5 Å². The third kappa shape index (κ3) is 6.64. The van der Waals surface area contributed by atoms with Crippen LogP contribution in [0.25, 0.3) is 0 Å². The number of fused-ring (bicyclic) bond motifs is 9. The molecule has 0 radical (unpaired) electrons. The maximum atomic E-state index is 6.06. The van der Waals surface area contributed by atoms with Crippen molar-refractivity contribution in [2.45, 2.75) is 52.2 Å². The molecule has 0 fully saturated rings. The highest BCUT2D eigenvalue weighted by Gasteiger charge is 2.44. The smallest absolute Gasteiger partial charge is 0.537 e. The molecule has 0 amide bonds. The fourth-order valence-corrected chi connectivity index (χ4v) is 5.20. The summed E-state index contributed by atoms with van der Waals surface area (Å²) in [7, 11) is 0. The Balaban J connectivity index is 1.33.